The second-order valence-corrected chi connectivity index (χ2v) is 4.18. The molecule has 6 heteroatoms. The Morgan fingerprint density at radius 3 is 2.45 bits per heavy atom. The maximum absolute atomic E-state index is 11.2. The molecule has 0 aliphatic rings. The van der Waals surface area contributed by atoms with Gasteiger partial charge in [-0.25, -0.2) is 5.84 Å². The number of rotatable bonds is 10. The van der Waals surface area contributed by atoms with E-state index in [1.807, 2.05) is 12.1 Å². The second-order valence-electron chi connectivity index (χ2n) is 4.18. The molecule has 0 aliphatic carbocycles. The summed E-state index contributed by atoms with van der Waals surface area (Å²) in [5, 5.41) is 0. The fourth-order valence-electron chi connectivity index (χ4n) is 1.53. The van der Waals surface area contributed by atoms with E-state index in [-0.39, 0.29) is 5.91 Å². The minimum atomic E-state index is -0.300. The third-order valence-electron chi connectivity index (χ3n) is 2.63. The molecule has 0 aromatic heterocycles. The van der Waals surface area contributed by atoms with Crippen LogP contribution in [0.1, 0.15) is 22.3 Å². The van der Waals surface area contributed by atoms with E-state index in [1.54, 1.807) is 19.2 Å². The monoisotopic (exact) mass is 282 g/mol. The smallest absolute Gasteiger partial charge is 0.265 e. The van der Waals surface area contributed by atoms with E-state index in [2.05, 4.69) is 5.43 Å². The van der Waals surface area contributed by atoms with E-state index in [0.717, 1.165) is 12.0 Å². The molecule has 1 amide bonds. The van der Waals surface area contributed by atoms with Crippen LogP contribution in [0.15, 0.2) is 24.3 Å². The molecule has 0 unspecified atom stereocenters. The van der Waals surface area contributed by atoms with E-state index in [1.165, 1.54) is 0 Å². The van der Waals surface area contributed by atoms with Crippen LogP contribution in [0.25, 0.3) is 0 Å². The van der Waals surface area contributed by atoms with Gasteiger partial charge in [0.2, 0.25) is 0 Å². The van der Waals surface area contributed by atoms with Crippen LogP contribution in [-0.4, -0.2) is 39.4 Å². The number of hydrogen-bond acceptors (Lipinski definition) is 5. The number of nitrogens with two attached hydrogens (primary N) is 1. The molecule has 0 bridgehead atoms. The first-order valence-corrected chi connectivity index (χ1v) is 6.52. The maximum Gasteiger partial charge on any atom is 0.265 e. The van der Waals surface area contributed by atoms with Gasteiger partial charge in [0.05, 0.1) is 19.8 Å². The van der Waals surface area contributed by atoms with Crippen LogP contribution in [0.5, 0.6) is 0 Å². The molecule has 1 aromatic rings. The number of ether oxygens (including phenoxy) is 3. The summed E-state index contributed by atoms with van der Waals surface area (Å²) in [5.41, 5.74) is 3.63. The molecular weight excluding hydrogens is 260 g/mol. The molecule has 1 rings (SSSR count). The van der Waals surface area contributed by atoms with E-state index in [9.17, 15) is 4.79 Å². The minimum absolute atomic E-state index is 0.300. The third kappa shape index (κ3) is 6.63. The van der Waals surface area contributed by atoms with Crippen LogP contribution in [0.2, 0.25) is 0 Å². The molecule has 1 aromatic carbocycles. The first-order chi connectivity index (χ1) is 9.77. The van der Waals surface area contributed by atoms with Gasteiger partial charge in [-0.1, -0.05) is 12.1 Å². The Morgan fingerprint density at radius 1 is 1.10 bits per heavy atom. The predicted molar refractivity (Wildman–Crippen MR) is 75.1 cm³/mol. The fourth-order valence-corrected chi connectivity index (χ4v) is 1.53. The van der Waals surface area contributed by atoms with Crippen molar-refractivity contribution in [3.8, 4) is 0 Å². The molecule has 0 saturated carbocycles. The first kappa shape index (κ1) is 16.6. The number of benzene rings is 1. The average molecular weight is 282 g/mol. The van der Waals surface area contributed by atoms with Gasteiger partial charge in [0.25, 0.3) is 5.91 Å². The summed E-state index contributed by atoms with van der Waals surface area (Å²) in [5.74, 6) is 4.75. The second kappa shape index (κ2) is 10.3. The molecule has 0 atom stereocenters. The number of hydrogen-bond donors (Lipinski definition) is 2. The van der Waals surface area contributed by atoms with Crippen molar-refractivity contribution in [3.63, 3.8) is 0 Å². The maximum atomic E-state index is 11.2. The molecule has 0 fully saturated rings. The van der Waals surface area contributed by atoms with Gasteiger partial charge < -0.3 is 14.2 Å². The summed E-state index contributed by atoms with van der Waals surface area (Å²) in [6.07, 6.45) is 0.845. The molecule has 0 heterocycles. The van der Waals surface area contributed by atoms with E-state index < -0.39 is 0 Å². The van der Waals surface area contributed by atoms with Gasteiger partial charge in [0.1, 0.15) is 0 Å². The number of hydrazine groups is 1. The van der Waals surface area contributed by atoms with Crippen molar-refractivity contribution in [2.45, 2.75) is 13.0 Å². The van der Waals surface area contributed by atoms with Gasteiger partial charge in [0, 0.05) is 25.9 Å². The Hall–Kier alpha value is -1.47. The standard InChI is InChI=1S/C14H22N2O4/c1-18-9-10-19-7-2-8-20-11-12-3-5-13(6-4-12)14(17)16-15/h3-6H,2,7-11,15H2,1H3,(H,16,17). The molecular formula is C14H22N2O4. The highest BCUT2D eigenvalue weighted by atomic mass is 16.5. The highest BCUT2D eigenvalue weighted by Crippen LogP contribution is 2.05. The highest BCUT2D eigenvalue weighted by molar-refractivity contribution is 5.93. The summed E-state index contributed by atoms with van der Waals surface area (Å²) >= 11 is 0. The van der Waals surface area contributed by atoms with Crippen LogP contribution in [0, 0.1) is 0 Å². The number of methoxy groups -OCH3 is 1. The SMILES string of the molecule is COCCOCCCOCc1ccc(C(=O)NN)cc1. The normalized spacial score (nSPS) is 10.5. The van der Waals surface area contributed by atoms with Gasteiger partial charge in [-0.2, -0.15) is 0 Å². The lowest BCUT2D eigenvalue weighted by atomic mass is 10.1. The van der Waals surface area contributed by atoms with Crippen LogP contribution in [-0.2, 0) is 20.8 Å². The quantitative estimate of drug-likeness (QED) is 0.288. The number of carbonyl (C=O) groups is 1. The number of nitrogen functional groups attached to an aromatic ring is 1. The highest BCUT2D eigenvalue weighted by Gasteiger charge is 2.02. The summed E-state index contributed by atoms with van der Waals surface area (Å²) in [6, 6.07) is 7.13. The van der Waals surface area contributed by atoms with Crippen molar-refractivity contribution in [1.82, 2.24) is 5.43 Å². The van der Waals surface area contributed by atoms with Crippen molar-refractivity contribution in [3.05, 3.63) is 35.4 Å². The minimum Gasteiger partial charge on any atom is -0.382 e. The number of carbonyl (C=O) groups excluding carboxylic acids is 1. The summed E-state index contributed by atoms with van der Waals surface area (Å²) in [6.45, 7) is 3.05. The van der Waals surface area contributed by atoms with Crippen molar-refractivity contribution in [1.29, 1.82) is 0 Å². The van der Waals surface area contributed by atoms with Crippen molar-refractivity contribution in [2.24, 2.45) is 5.84 Å². The van der Waals surface area contributed by atoms with E-state index in [4.69, 9.17) is 20.1 Å². The Labute approximate surface area is 119 Å². The third-order valence-corrected chi connectivity index (χ3v) is 2.63. The molecule has 3 N–H and O–H groups in total. The van der Waals surface area contributed by atoms with E-state index in [0.29, 0.717) is 38.6 Å². The Morgan fingerprint density at radius 2 is 1.80 bits per heavy atom. The lowest BCUT2D eigenvalue weighted by molar-refractivity contribution is 0.0483. The summed E-state index contributed by atoms with van der Waals surface area (Å²) < 4.78 is 15.7. The first-order valence-electron chi connectivity index (χ1n) is 6.52. The number of nitrogens with one attached hydrogen (secondary N) is 1. The molecule has 6 nitrogen and oxygen atoms in total. The molecule has 0 aliphatic heterocycles. The summed E-state index contributed by atoms with van der Waals surface area (Å²) in [7, 11) is 1.65. The van der Waals surface area contributed by atoms with Crippen LogP contribution < -0.4 is 11.3 Å². The lowest BCUT2D eigenvalue weighted by Gasteiger charge is -2.06. The van der Waals surface area contributed by atoms with Gasteiger partial charge in [-0.05, 0) is 24.1 Å². The van der Waals surface area contributed by atoms with E-state index >= 15 is 0 Å². The average Bonchev–Trinajstić information content (AvgIpc) is 2.50. The van der Waals surface area contributed by atoms with Crippen LogP contribution >= 0.6 is 0 Å². The van der Waals surface area contributed by atoms with Gasteiger partial charge >= 0.3 is 0 Å². The van der Waals surface area contributed by atoms with Crippen molar-refractivity contribution < 1.29 is 19.0 Å². The van der Waals surface area contributed by atoms with Gasteiger partial charge in [0.15, 0.2) is 0 Å². The van der Waals surface area contributed by atoms with Gasteiger partial charge in [-0.3, -0.25) is 10.2 Å². The fraction of sp³-hybridized carbons (Fsp3) is 0.500. The van der Waals surface area contributed by atoms with Crippen molar-refractivity contribution in [2.75, 3.05) is 33.5 Å². The largest absolute Gasteiger partial charge is 0.382 e. The van der Waals surface area contributed by atoms with Crippen LogP contribution in [0.3, 0.4) is 0 Å². The summed E-state index contributed by atoms with van der Waals surface area (Å²) in [4.78, 5) is 11.2. The number of amides is 1. The van der Waals surface area contributed by atoms with Crippen molar-refractivity contribution >= 4 is 5.91 Å². The predicted octanol–water partition coefficient (Wildman–Crippen LogP) is 0.860. The Balaban J connectivity index is 2.11. The lowest BCUT2D eigenvalue weighted by Crippen LogP contribution is -2.29. The molecule has 20 heavy (non-hydrogen) atoms. The molecule has 0 radical (unpaired) electrons. The van der Waals surface area contributed by atoms with Gasteiger partial charge in [-0.15, -0.1) is 0 Å². The Bertz CT molecular complexity index is 381. The Kier molecular flexibility index (Phi) is 8.57. The molecule has 0 spiro atoms. The van der Waals surface area contributed by atoms with Crippen LogP contribution in [0.4, 0.5) is 0 Å². The molecule has 0 saturated heterocycles. The molecule has 112 valence electrons. The zero-order valence-electron chi connectivity index (χ0n) is 11.8. The zero-order valence-corrected chi connectivity index (χ0v) is 11.8. The zero-order chi connectivity index (χ0) is 14.6. The topological polar surface area (TPSA) is 82.8 Å².